The Hall–Kier alpha value is -2.61. The first-order valence-electron chi connectivity index (χ1n) is 10.8. The van der Waals surface area contributed by atoms with Crippen molar-refractivity contribution in [3.63, 3.8) is 0 Å². The number of unbranched alkanes of at least 4 members (excludes halogenated alkanes) is 1. The number of hydrogen-bond donors (Lipinski definition) is 1. The molecular weight excluding hydrogens is 414 g/mol. The number of furan rings is 1. The predicted molar refractivity (Wildman–Crippen MR) is 118 cm³/mol. The van der Waals surface area contributed by atoms with Gasteiger partial charge in [0.15, 0.2) is 0 Å². The number of sulfonamides is 1. The first-order valence-corrected chi connectivity index (χ1v) is 12.3. The second kappa shape index (κ2) is 8.49. The lowest BCUT2D eigenvalue weighted by atomic mass is 10.1. The fourth-order valence-electron chi connectivity index (χ4n) is 3.99. The Balaban J connectivity index is 1.53. The third kappa shape index (κ3) is 4.54. The monoisotopic (exact) mass is 443 g/mol. The number of likely N-dealkylation sites (N-methyl/N-ethyl adjacent to an activating group) is 1. The highest BCUT2D eigenvalue weighted by Gasteiger charge is 2.37. The Labute approximate surface area is 183 Å². The minimum absolute atomic E-state index is 0.151. The summed E-state index contributed by atoms with van der Waals surface area (Å²) in [5, 5.41) is 0. The van der Waals surface area contributed by atoms with Crippen LogP contribution in [0.4, 0.5) is 0 Å². The number of rotatable bonds is 8. The maximum atomic E-state index is 13.2. The molecule has 1 amide bonds. The Kier molecular flexibility index (Phi) is 5.92. The van der Waals surface area contributed by atoms with Crippen LogP contribution in [-0.2, 0) is 21.4 Å². The Bertz CT molecular complexity index is 1110. The number of carbonyl (C=O) groups excluding carboxylic acids is 1. The zero-order valence-corrected chi connectivity index (χ0v) is 19.0. The number of amides is 1. The molecule has 7 nitrogen and oxygen atoms in total. The summed E-state index contributed by atoms with van der Waals surface area (Å²) in [6.45, 7) is 4.61. The number of fused-ring (bicyclic) bond motifs is 1. The van der Waals surface area contributed by atoms with Gasteiger partial charge in [-0.05, 0) is 43.0 Å². The Morgan fingerprint density at radius 1 is 1.29 bits per heavy atom. The molecule has 166 valence electrons. The van der Waals surface area contributed by atoms with Crippen molar-refractivity contribution in [3.05, 3.63) is 53.5 Å². The predicted octanol–water partition coefficient (Wildman–Crippen LogP) is 3.66. The summed E-state index contributed by atoms with van der Waals surface area (Å²) in [6.07, 6.45) is 3.44. The van der Waals surface area contributed by atoms with Gasteiger partial charge in [-0.1, -0.05) is 38.8 Å². The molecule has 0 saturated heterocycles. The molecule has 0 radical (unpaired) electrons. The van der Waals surface area contributed by atoms with Crippen LogP contribution in [0.2, 0.25) is 0 Å². The summed E-state index contributed by atoms with van der Waals surface area (Å²) in [5.74, 6) is 2.98. The molecule has 1 N–H and O–H groups in total. The molecule has 0 bridgehead atoms. The van der Waals surface area contributed by atoms with Gasteiger partial charge in [-0.2, -0.15) is 0 Å². The average Bonchev–Trinajstić information content (AvgIpc) is 3.19. The maximum absolute atomic E-state index is 13.2. The number of aliphatic imine (C=N–C) groups is 1. The first kappa shape index (κ1) is 21.6. The van der Waals surface area contributed by atoms with E-state index in [2.05, 4.69) is 23.6 Å². The summed E-state index contributed by atoms with van der Waals surface area (Å²) in [6, 6.07) is 9.96. The molecule has 3 unspecified atom stereocenters. The van der Waals surface area contributed by atoms with Gasteiger partial charge in [0.05, 0.1) is 11.4 Å². The van der Waals surface area contributed by atoms with Crippen LogP contribution in [0.3, 0.4) is 0 Å². The molecular formula is C23H29N3O4S. The van der Waals surface area contributed by atoms with Gasteiger partial charge in [0.25, 0.3) is 10.0 Å². The lowest BCUT2D eigenvalue weighted by Crippen LogP contribution is -2.36. The first-order chi connectivity index (χ1) is 14.8. The summed E-state index contributed by atoms with van der Waals surface area (Å²) < 4.78 is 33.2. The van der Waals surface area contributed by atoms with E-state index < -0.39 is 16.1 Å². The van der Waals surface area contributed by atoms with Crippen molar-refractivity contribution in [2.45, 2.75) is 62.9 Å². The summed E-state index contributed by atoms with van der Waals surface area (Å²) in [5.41, 5.74) is 0.508. The average molecular weight is 444 g/mol. The van der Waals surface area contributed by atoms with Crippen molar-refractivity contribution >= 4 is 21.8 Å². The lowest BCUT2D eigenvalue weighted by Gasteiger charge is -2.21. The van der Waals surface area contributed by atoms with Gasteiger partial charge < -0.3 is 9.32 Å². The number of carbonyl (C=O) groups is 1. The van der Waals surface area contributed by atoms with E-state index in [-0.39, 0.29) is 16.6 Å². The molecule has 31 heavy (non-hydrogen) atoms. The fourth-order valence-corrected chi connectivity index (χ4v) is 5.23. The zero-order valence-electron chi connectivity index (χ0n) is 18.2. The van der Waals surface area contributed by atoms with E-state index in [9.17, 15) is 13.2 Å². The van der Waals surface area contributed by atoms with Gasteiger partial charge in [0.2, 0.25) is 5.91 Å². The molecule has 1 aliphatic carbocycles. The van der Waals surface area contributed by atoms with Gasteiger partial charge in [0, 0.05) is 18.5 Å². The molecule has 2 aromatic rings. The molecule has 8 heteroatoms. The SMILES string of the molecule is CCCCC(N=C1NS(=O)(=O)c2ccccc21)C(=O)N(C)Cc1ccc(C2CC2C)o1. The Morgan fingerprint density at radius 2 is 2.03 bits per heavy atom. The topological polar surface area (TPSA) is 92.0 Å². The quantitative estimate of drug-likeness (QED) is 0.674. The second-order valence-corrected chi connectivity index (χ2v) is 10.2. The number of benzene rings is 1. The molecule has 1 aliphatic heterocycles. The lowest BCUT2D eigenvalue weighted by molar-refractivity contribution is -0.132. The standard InChI is InChI=1S/C23H29N3O4S/c1-4-5-9-19(24-22-17-8-6-7-10-21(17)31(28,29)25-22)23(27)26(3)14-16-11-12-20(30-16)18-13-15(18)2/h6-8,10-12,15,18-19H,4-5,9,13-14H2,1-3H3,(H,24,25). The van der Waals surface area contributed by atoms with Crippen LogP contribution in [-0.4, -0.2) is 38.2 Å². The van der Waals surface area contributed by atoms with E-state index in [0.717, 1.165) is 30.8 Å². The van der Waals surface area contributed by atoms with Crippen molar-refractivity contribution in [2.24, 2.45) is 10.9 Å². The zero-order chi connectivity index (χ0) is 22.2. The summed E-state index contributed by atoms with van der Waals surface area (Å²) >= 11 is 0. The molecule has 4 rings (SSSR count). The fraction of sp³-hybridized carbons (Fsp3) is 0.478. The van der Waals surface area contributed by atoms with Gasteiger partial charge in [-0.25, -0.2) is 8.42 Å². The molecule has 0 spiro atoms. The van der Waals surface area contributed by atoms with Crippen LogP contribution in [0.15, 0.2) is 50.7 Å². The van der Waals surface area contributed by atoms with Crippen LogP contribution >= 0.6 is 0 Å². The van der Waals surface area contributed by atoms with Gasteiger partial charge in [-0.15, -0.1) is 0 Å². The molecule has 1 aromatic carbocycles. The highest BCUT2D eigenvalue weighted by molar-refractivity contribution is 7.90. The minimum Gasteiger partial charge on any atom is -0.464 e. The van der Waals surface area contributed by atoms with Crippen LogP contribution in [0.25, 0.3) is 0 Å². The van der Waals surface area contributed by atoms with Gasteiger partial charge in [0.1, 0.15) is 23.4 Å². The largest absolute Gasteiger partial charge is 0.464 e. The van der Waals surface area contributed by atoms with Gasteiger partial charge >= 0.3 is 0 Å². The van der Waals surface area contributed by atoms with Crippen molar-refractivity contribution in [2.75, 3.05) is 7.05 Å². The summed E-state index contributed by atoms with van der Waals surface area (Å²) in [4.78, 5) is 19.6. The van der Waals surface area contributed by atoms with Gasteiger partial charge in [-0.3, -0.25) is 14.5 Å². The van der Waals surface area contributed by atoms with Crippen molar-refractivity contribution < 1.29 is 17.6 Å². The van der Waals surface area contributed by atoms with E-state index in [1.165, 1.54) is 0 Å². The number of nitrogens with zero attached hydrogens (tertiary/aromatic N) is 2. The van der Waals surface area contributed by atoms with Crippen molar-refractivity contribution in [1.82, 2.24) is 9.62 Å². The van der Waals surface area contributed by atoms with E-state index in [4.69, 9.17) is 4.42 Å². The van der Waals surface area contributed by atoms with Crippen molar-refractivity contribution in [3.8, 4) is 0 Å². The highest BCUT2D eigenvalue weighted by atomic mass is 32.2. The third-order valence-corrected chi connectivity index (χ3v) is 7.39. The number of nitrogens with one attached hydrogen (secondary N) is 1. The highest BCUT2D eigenvalue weighted by Crippen LogP contribution is 2.47. The van der Waals surface area contributed by atoms with E-state index in [0.29, 0.717) is 30.4 Å². The molecule has 3 atom stereocenters. The molecule has 1 saturated carbocycles. The van der Waals surface area contributed by atoms with Crippen molar-refractivity contribution in [1.29, 1.82) is 0 Å². The smallest absolute Gasteiger partial charge is 0.263 e. The second-order valence-electron chi connectivity index (χ2n) is 8.56. The molecule has 2 heterocycles. The number of amidine groups is 1. The molecule has 2 aliphatic rings. The Morgan fingerprint density at radius 3 is 2.74 bits per heavy atom. The maximum Gasteiger partial charge on any atom is 0.263 e. The normalized spacial score (nSPS) is 23.3. The number of hydrogen-bond acceptors (Lipinski definition) is 5. The van der Waals surface area contributed by atoms with Crippen LogP contribution < -0.4 is 4.72 Å². The molecule has 1 fully saturated rings. The van der Waals surface area contributed by atoms with Crippen LogP contribution in [0, 0.1) is 5.92 Å². The van der Waals surface area contributed by atoms with Crippen LogP contribution in [0.5, 0.6) is 0 Å². The van der Waals surface area contributed by atoms with E-state index >= 15 is 0 Å². The molecule has 1 aromatic heterocycles. The summed E-state index contributed by atoms with van der Waals surface area (Å²) in [7, 11) is -1.91. The van der Waals surface area contributed by atoms with E-state index in [1.807, 2.05) is 12.1 Å². The third-order valence-electron chi connectivity index (χ3n) is 5.99. The van der Waals surface area contributed by atoms with Crippen LogP contribution in [0.1, 0.15) is 62.5 Å². The minimum atomic E-state index is -3.64. The van der Waals surface area contributed by atoms with E-state index in [1.54, 1.807) is 36.2 Å².